The van der Waals surface area contributed by atoms with Gasteiger partial charge in [-0.15, -0.1) is 5.10 Å². The Balaban J connectivity index is 2.03. The van der Waals surface area contributed by atoms with Crippen molar-refractivity contribution in [3.8, 4) is 6.01 Å². The molecule has 0 unspecified atom stereocenters. The number of hydrogen-bond acceptors (Lipinski definition) is 3. The first kappa shape index (κ1) is 8.53. The van der Waals surface area contributed by atoms with Crippen LogP contribution in [0.15, 0.2) is 0 Å². The Kier molecular flexibility index (Phi) is 2.47. The van der Waals surface area contributed by atoms with Crippen LogP contribution in [0.1, 0.15) is 44.3 Å². The molecule has 1 aromatic rings. The molecule has 1 aliphatic carbocycles. The van der Waals surface area contributed by atoms with E-state index in [4.69, 9.17) is 4.74 Å². The van der Waals surface area contributed by atoms with Crippen molar-refractivity contribution in [2.75, 3.05) is 6.61 Å². The van der Waals surface area contributed by atoms with Crippen LogP contribution in [0.4, 0.5) is 0 Å². The molecule has 1 heterocycles. The van der Waals surface area contributed by atoms with E-state index in [1.54, 1.807) is 0 Å². The SMILES string of the molecule is CCOc1n[nH]c(C2CCCC2)n1. The zero-order valence-electron chi connectivity index (χ0n) is 7.92. The van der Waals surface area contributed by atoms with Crippen LogP contribution in [0.2, 0.25) is 0 Å². The normalized spacial score (nSPS) is 17.9. The number of nitrogens with one attached hydrogen (secondary N) is 1. The number of rotatable bonds is 3. The van der Waals surface area contributed by atoms with Crippen molar-refractivity contribution in [2.45, 2.75) is 38.5 Å². The summed E-state index contributed by atoms with van der Waals surface area (Å²) in [5, 5.41) is 6.94. The lowest BCUT2D eigenvalue weighted by molar-refractivity contribution is 0.313. The summed E-state index contributed by atoms with van der Waals surface area (Å²) in [5.41, 5.74) is 0. The Labute approximate surface area is 77.7 Å². The molecule has 4 nitrogen and oxygen atoms in total. The second kappa shape index (κ2) is 3.77. The summed E-state index contributed by atoms with van der Waals surface area (Å²) in [7, 11) is 0. The van der Waals surface area contributed by atoms with Crippen molar-refractivity contribution in [3.63, 3.8) is 0 Å². The van der Waals surface area contributed by atoms with Crippen LogP contribution in [0.5, 0.6) is 6.01 Å². The molecule has 13 heavy (non-hydrogen) atoms. The molecular formula is C9H15N3O. The van der Waals surface area contributed by atoms with Crippen molar-refractivity contribution in [3.05, 3.63) is 5.82 Å². The summed E-state index contributed by atoms with van der Waals surface area (Å²) in [5.74, 6) is 1.59. The Morgan fingerprint density at radius 2 is 2.23 bits per heavy atom. The largest absolute Gasteiger partial charge is 0.463 e. The Hall–Kier alpha value is -1.06. The summed E-state index contributed by atoms with van der Waals surface area (Å²) in [6.07, 6.45) is 5.10. The van der Waals surface area contributed by atoms with Crippen molar-refractivity contribution >= 4 is 0 Å². The molecule has 0 aliphatic heterocycles. The number of H-pyrrole nitrogens is 1. The van der Waals surface area contributed by atoms with E-state index in [2.05, 4.69) is 15.2 Å². The molecule has 0 amide bonds. The summed E-state index contributed by atoms with van der Waals surface area (Å²) in [4.78, 5) is 4.29. The van der Waals surface area contributed by atoms with Crippen LogP contribution in [0.3, 0.4) is 0 Å². The highest BCUT2D eigenvalue weighted by Crippen LogP contribution is 2.32. The number of aromatic nitrogens is 3. The molecule has 0 saturated heterocycles. The maximum Gasteiger partial charge on any atom is 0.335 e. The lowest BCUT2D eigenvalue weighted by Crippen LogP contribution is -1.95. The smallest absolute Gasteiger partial charge is 0.335 e. The van der Waals surface area contributed by atoms with Crippen LogP contribution in [0.25, 0.3) is 0 Å². The van der Waals surface area contributed by atoms with Gasteiger partial charge in [-0.05, 0) is 19.8 Å². The molecule has 0 atom stereocenters. The fourth-order valence-electron chi connectivity index (χ4n) is 1.83. The van der Waals surface area contributed by atoms with E-state index in [9.17, 15) is 0 Å². The van der Waals surface area contributed by atoms with Gasteiger partial charge in [0, 0.05) is 5.92 Å². The standard InChI is InChI=1S/C9H15N3O/c1-2-13-9-10-8(11-12-9)7-5-3-4-6-7/h7H,2-6H2,1H3,(H,10,11,12). The molecule has 0 spiro atoms. The minimum atomic E-state index is 0.490. The predicted octanol–water partition coefficient (Wildman–Crippen LogP) is 1.86. The first-order valence-electron chi connectivity index (χ1n) is 4.95. The van der Waals surface area contributed by atoms with Gasteiger partial charge in [-0.1, -0.05) is 12.8 Å². The Morgan fingerprint density at radius 3 is 2.92 bits per heavy atom. The van der Waals surface area contributed by atoms with Gasteiger partial charge in [0.25, 0.3) is 0 Å². The zero-order valence-corrected chi connectivity index (χ0v) is 7.92. The van der Waals surface area contributed by atoms with Gasteiger partial charge in [0.05, 0.1) is 6.61 Å². The van der Waals surface area contributed by atoms with E-state index < -0.39 is 0 Å². The third-order valence-corrected chi connectivity index (χ3v) is 2.50. The highest BCUT2D eigenvalue weighted by Gasteiger charge is 2.20. The molecule has 0 aromatic carbocycles. The van der Waals surface area contributed by atoms with Gasteiger partial charge in [-0.25, -0.2) is 0 Å². The molecule has 1 N–H and O–H groups in total. The van der Waals surface area contributed by atoms with E-state index in [1.807, 2.05) is 6.92 Å². The minimum Gasteiger partial charge on any atom is -0.463 e. The van der Waals surface area contributed by atoms with E-state index in [-0.39, 0.29) is 0 Å². The first-order valence-corrected chi connectivity index (χ1v) is 4.95. The van der Waals surface area contributed by atoms with Crippen LogP contribution >= 0.6 is 0 Å². The summed E-state index contributed by atoms with van der Waals surface area (Å²) in [6.45, 7) is 2.56. The number of ether oxygens (including phenoxy) is 1. The van der Waals surface area contributed by atoms with Gasteiger partial charge >= 0.3 is 6.01 Å². The highest BCUT2D eigenvalue weighted by molar-refractivity contribution is 5.02. The van der Waals surface area contributed by atoms with Crippen LogP contribution in [0, 0.1) is 0 Å². The quantitative estimate of drug-likeness (QED) is 0.774. The fourth-order valence-corrected chi connectivity index (χ4v) is 1.83. The Morgan fingerprint density at radius 1 is 1.46 bits per heavy atom. The fraction of sp³-hybridized carbons (Fsp3) is 0.778. The predicted molar refractivity (Wildman–Crippen MR) is 48.8 cm³/mol. The zero-order chi connectivity index (χ0) is 9.10. The molecule has 0 bridgehead atoms. The number of hydrogen-bond donors (Lipinski definition) is 1. The average molecular weight is 181 g/mol. The van der Waals surface area contributed by atoms with E-state index in [0.717, 1.165) is 5.82 Å². The lowest BCUT2D eigenvalue weighted by Gasteiger charge is -2.01. The molecular weight excluding hydrogens is 166 g/mol. The van der Waals surface area contributed by atoms with E-state index in [0.29, 0.717) is 18.5 Å². The topological polar surface area (TPSA) is 50.8 Å². The maximum absolute atomic E-state index is 5.19. The van der Waals surface area contributed by atoms with Crippen LogP contribution in [-0.2, 0) is 0 Å². The molecule has 1 aromatic heterocycles. The van der Waals surface area contributed by atoms with Crippen molar-refractivity contribution in [2.24, 2.45) is 0 Å². The molecule has 1 saturated carbocycles. The van der Waals surface area contributed by atoms with Gasteiger partial charge in [-0.2, -0.15) is 4.98 Å². The van der Waals surface area contributed by atoms with Gasteiger partial charge in [0.2, 0.25) is 0 Å². The minimum absolute atomic E-state index is 0.490. The molecule has 4 heteroatoms. The van der Waals surface area contributed by atoms with E-state index >= 15 is 0 Å². The van der Waals surface area contributed by atoms with E-state index in [1.165, 1.54) is 25.7 Å². The Bertz CT molecular complexity index is 266. The van der Waals surface area contributed by atoms with Crippen molar-refractivity contribution in [1.82, 2.24) is 15.2 Å². The van der Waals surface area contributed by atoms with Gasteiger partial charge in [0.15, 0.2) is 0 Å². The monoisotopic (exact) mass is 181 g/mol. The number of nitrogens with zero attached hydrogens (tertiary/aromatic N) is 2. The molecule has 1 fully saturated rings. The second-order valence-corrected chi connectivity index (χ2v) is 3.42. The first-order chi connectivity index (χ1) is 6.40. The summed E-state index contributed by atoms with van der Waals surface area (Å²) >= 11 is 0. The van der Waals surface area contributed by atoms with Gasteiger partial charge < -0.3 is 4.74 Å². The third kappa shape index (κ3) is 1.82. The number of aromatic amines is 1. The summed E-state index contributed by atoms with van der Waals surface area (Å²) in [6, 6.07) is 0.490. The third-order valence-electron chi connectivity index (χ3n) is 2.50. The second-order valence-electron chi connectivity index (χ2n) is 3.42. The maximum atomic E-state index is 5.19. The summed E-state index contributed by atoms with van der Waals surface area (Å²) < 4.78 is 5.19. The highest BCUT2D eigenvalue weighted by atomic mass is 16.5. The molecule has 2 rings (SSSR count). The molecule has 0 radical (unpaired) electrons. The molecule has 1 aliphatic rings. The molecule has 72 valence electrons. The average Bonchev–Trinajstić information content (AvgIpc) is 2.70. The van der Waals surface area contributed by atoms with Gasteiger partial charge in [-0.3, -0.25) is 5.10 Å². The van der Waals surface area contributed by atoms with Gasteiger partial charge in [0.1, 0.15) is 5.82 Å². The van der Waals surface area contributed by atoms with Crippen LogP contribution < -0.4 is 4.74 Å². The van der Waals surface area contributed by atoms with Crippen molar-refractivity contribution in [1.29, 1.82) is 0 Å². The van der Waals surface area contributed by atoms with Crippen molar-refractivity contribution < 1.29 is 4.74 Å². The lowest BCUT2D eigenvalue weighted by atomic mass is 10.1. The van der Waals surface area contributed by atoms with Crippen LogP contribution in [-0.4, -0.2) is 21.8 Å².